The van der Waals surface area contributed by atoms with Gasteiger partial charge in [0.1, 0.15) is 4.70 Å². The first-order chi connectivity index (χ1) is 10.6. The smallest absolute Gasteiger partial charge is 0.272 e. The Bertz CT molecular complexity index is 777. The molecule has 7 heteroatoms. The van der Waals surface area contributed by atoms with Crippen LogP contribution in [0.5, 0.6) is 0 Å². The second kappa shape index (κ2) is 6.26. The van der Waals surface area contributed by atoms with Crippen LogP contribution >= 0.6 is 23.1 Å². The highest BCUT2D eigenvalue weighted by Gasteiger charge is 2.27. The van der Waals surface area contributed by atoms with E-state index in [0.29, 0.717) is 28.0 Å². The van der Waals surface area contributed by atoms with E-state index < -0.39 is 0 Å². The number of carbonyl (C=O) groups excluding carboxylic acids is 1. The number of hydrogen-bond donors (Lipinski definition) is 1. The van der Waals surface area contributed by atoms with E-state index in [9.17, 15) is 9.59 Å². The molecular formula is C15H17N3O2S2. The van der Waals surface area contributed by atoms with Crippen molar-refractivity contribution in [1.29, 1.82) is 0 Å². The predicted molar refractivity (Wildman–Crippen MR) is 90.6 cm³/mol. The Labute approximate surface area is 136 Å². The molecule has 1 unspecified atom stereocenters. The number of thiophene rings is 1. The molecule has 0 aromatic carbocycles. The summed E-state index contributed by atoms with van der Waals surface area (Å²) in [6.45, 7) is 5.92. The fourth-order valence-corrected chi connectivity index (χ4v) is 3.77. The molecule has 0 radical (unpaired) electrons. The fraction of sp³-hybridized carbons (Fsp3) is 0.400. The van der Waals surface area contributed by atoms with Gasteiger partial charge in [0, 0.05) is 12.6 Å². The summed E-state index contributed by atoms with van der Waals surface area (Å²) in [6.07, 6.45) is 3.79. The van der Waals surface area contributed by atoms with E-state index in [1.165, 1.54) is 23.1 Å². The van der Waals surface area contributed by atoms with Crippen LogP contribution < -0.4 is 10.9 Å². The third kappa shape index (κ3) is 3.10. The van der Waals surface area contributed by atoms with Crippen LogP contribution in [0, 0.1) is 0 Å². The minimum absolute atomic E-state index is 0.00248. The van der Waals surface area contributed by atoms with Crippen molar-refractivity contribution in [2.24, 2.45) is 0 Å². The van der Waals surface area contributed by atoms with Gasteiger partial charge in [-0.2, -0.15) is 0 Å². The lowest BCUT2D eigenvalue weighted by Gasteiger charge is -2.14. The number of carbonyl (C=O) groups is 1. The normalized spacial score (nSPS) is 15.7. The lowest BCUT2D eigenvalue weighted by molar-refractivity contribution is -0.120. The van der Waals surface area contributed by atoms with Crippen LogP contribution in [-0.2, 0) is 11.3 Å². The Morgan fingerprint density at radius 3 is 3.14 bits per heavy atom. The van der Waals surface area contributed by atoms with Crippen molar-refractivity contribution in [3.05, 3.63) is 34.5 Å². The highest BCUT2D eigenvalue weighted by molar-refractivity contribution is 8.00. The van der Waals surface area contributed by atoms with Gasteiger partial charge in [-0.25, -0.2) is 4.98 Å². The molecule has 0 saturated heterocycles. The second-order valence-corrected chi connectivity index (χ2v) is 7.50. The molecule has 3 rings (SSSR count). The number of allylic oxidation sites excluding steroid dienone is 1. The van der Waals surface area contributed by atoms with Crippen molar-refractivity contribution < 1.29 is 4.79 Å². The van der Waals surface area contributed by atoms with Crippen LogP contribution in [0.4, 0.5) is 0 Å². The quantitative estimate of drug-likeness (QED) is 0.500. The number of rotatable bonds is 6. The van der Waals surface area contributed by atoms with E-state index in [2.05, 4.69) is 16.9 Å². The molecule has 5 nitrogen and oxygen atoms in total. The average molecular weight is 335 g/mol. The first-order valence-corrected chi connectivity index (χ1v) is 8.92. The highest BCUT2D eigenvalue weighted by Crippen LogP contribution is 2.26. The van der Waals surface area contributed by atoms with Crippen molar-refractivity contribution in [1.82, 2.24) is 14.9 Å². The molecule has 2 heterocycles. The molecule has 1 atom stereocenters. The number of hydrogen-bond acceptors (Lipinski definition) is 5. The van der Waals surface area contributed by atoms with Gasteiger partial charge in [-0.15, -0.1) is 17.9 Å². The summed E-state index contributed by atoms with van der Waals surface area (Å²) < 4.78 is 2.22. The zero-order valence-corrected chi connectivity index (χ0v) is 13.9. The Morgan fingerprint density at radius 1 is 1.68 bits per heavy atom. The van der Waals surface area contributed by atoms with Crippen molar-refractivity contribution in [2.45, 2.75) is 42.8 Å². The predicted octanol–water partition coefficient (Wildman–Crippen LogP) is 2.40. The summed E-state index contributed by atoms with van der Waals surface area (Å²) in [5.41, 5.74) is 0.616. The van der Waals surface area contributed by atoms with Crippen molar-refractivity contribution in [3.8, 4) is 0 Å². The van der Waals surface area contributed by atoms with Gasteiger partial charge >= 0.3 is 0 Å². The number of amides is 1. The zero-order chi connectivity index (χ0) is 15.7. The second-order valence-electron chi connectivity index (χ2n) is 5.28. The molecule has 0 spiro atoms. The summed E-state index contributed by atoms with van der Waals surface area (Å²) in [4.78, 5) is 29.2. The first-order valence-electron chi connectivity index (χ1n) is 7.16. The van der Waals surface area contributed by atoms with Gasteiger partial charge in [0.2, 0.25) is 5.91 Å². The van der Waals surface area contributed by atoms with E-state index >= 15 is 0 Å². The summed E-state index contributed by atoms with van der Waals surface area (Å²) in [7, 11) is 0. The number of nitrogens with one attached hydrogen (secondary N) is 1. The van der Waals surface area contributed by atoms with E-state index in [1.54, 1.807) is 10.6 Å². The monoisotopic (exact) mass is 335 g/mol. The van der Waals surface area contributed by atoms with E-state index in [1.807, 2.05) is 18.4 Å². The minimum Gasteiger partial charge on any atom is -0.352 e. The van der Waals surface area contributed by atoms with Crippen LogP contribution in [0.3, 0.4) is 0 Å². The molecule has 2 aromatic rings. The molecule has 1 N–H and O–H groups in total. The van der Waals surface area contributed by atoms with Crippen LogP contribution in [0.15, 0.2) is 34.1 Å². The maximum atomic E-state index is 12.5. The van der Waals surface area contributed by atoms with Gasteiger partial charge in [0.15, 0.2) is 5.16 Å². The Kier molecular flexibility index (Phi) is 4.35. The summed E-state index contributed by atoms with van der Waals surface area (Å²) >= 11 is 2.70. The summed E-state index contributed by atoms with van der Waals surface area (Å²) in [5, 5.41) is 5.11. The molecule has 2 aromatic heterocycles. The maximum Gasteiger partial charge on any atom is 0.272 e. The number of aromatic nitrogens is 2. The van der Waals surface area contributed by atoms with Crippen molar-refractivity contribution >= 4 is 39.2 Å². The summed E-state index contributed by atoms with van der Waals surface area (Å²) in [5.74, 6) is -0.00248. The zero-order valence-electron chi connectivity index (χ0n) is 12.2. The van der Waals surface area contributed by atoms with Crippen LogP contribution in [-0.4, -0.2) is 26.8 Å². The molecule has 1 aliphatic carbocycles. The Morgan fingerprint density at radius 2 is 2.45 bits per heavy atom. The van der Waals surface area contributed by atoms with Gasteiger partial charge < -0.3 is 5.32 Å². The molecule has 1 saturated carbocycles. The molecular weight excluding hydrogens is 318 g/mol. The molecule has 1 amide bonds. The molecule has 22 heavy (non-hydrogen) atoms. The van der Waals surface area contributed by atoms with E-state index in [0.717, 1.165) is 12.8 Å². The van der Waals surface area contributed by atoms with E-state index in [4.69, 9.17) is 0 Å². The standard InChI is InChI=1S/C15H17N3O2S2/c1-3-7-18-14(20)12-11(6-8-21-12)17-15(18)22-9(2)13(19)16-10-4-5-10/h3,6,8-10H,1,4-5,7H2,2H3,(H,16,19). The largest absolute Gasteiger partial charge is 0.352 e. The van der Waals surface area contributed by atoms with Gasteiger partial charge in [0.05, 0.1) is 10.8 Å². The van der Waals surface area contributed by atoms with Gasteiger partial charge in [-0.1, -0.05) is 17.8 Å². The molecule has 0 bridgehead atoms. The van der Waals surface area contributed by atoms with Gasteiger partial charge in [-0.05, 0) is 31.2 Å². The first kappa shape index (κ1) is 15.3. The Hall–Kier alpha value is -1.60. The van der Waals surface area contributed by atoms with Crippen LogP contribution in [0.2, 0.25) is 0 Å². The van der Waals surface area contributed by atoms with Crippen molar-refractivity contribution in [2.75, 3.05) is 0 Å². The molecule has 1 fully saturated rings. The van der Waals surface area contributed by atoms with Crippen molar-refractivity contribution in [3.63, 3.8) is 0 Å². The fourth-order valence-electron chi connectivity index (χ4n) is 2.06. The van der Waals surface area contributed by atoms with Gasteiger partial charge in [-0.3, -0.25) is 14.2 Å². The molecule has 116 valence electrons. The third-order valence-corrected chi connectivity index (χ3v) is 5.40. The number of thioether (sulfide) groups is 1. The summed E-state index contributed by atoms with van der Waals surface area (Å²) in [6, 6.07) is 2.16. The lowest BCUT2D eigenvalue weighted by Crippen LogP contribution is -2.33. The maximum absolute atomic E-state index is 12.5. The highest BCUT2D eigenvalue weighted by atomic mass is 32.2. The van der Waals surface area contributed by atoms with Crippen LogP contribution in [0.25, 0.3) is 10.2 Å². The third-order valence-electron chi connectivity index (χ3n) is 3.42. The van der Waals surface area contributed by atoms with Crippen LogP contribution in [0.1, 0.15) is 19.8 Å². The lowest BCUT2D eigenvalue weighted by atomic mass is 10.4. The topological polar surface area (TPSA) is 64.0 Å². The van der Waals surface area contributed by atoms with E-state index in [-0.39, 0.29) is 16.7 Å². The number of fused-ring (bicyclic) bond motifs is 1. The molecule has 0 aliphatic heterocycles. The molecule has 1 aliphatic rings. The SMILES string of the molecule is C=CCn1c(SC(C)C(=O)NC2CC2)nc2ccsc2c1=O. The van der Waals surface area contributed by atoms with Gasteiger partial charge in [0.25, 0.3) is 5.56 Å². The minimum atomic E-state index is -0.292. The Balaban J connectivity index is 1.90. The number of nitrogens with zero attached hydrogens (tertiary/aromatic N) is 2. The average Bonchev–Trinajstić information content (AvgIpc) is 3.17.